The average Bonchev–Trinajstić information content (AvgIpc) is 3.42. The van der Waals surface area contributed by atoms with E-state index in [1.807, 2.05) is 26.0 Å². The van der Waals surface area contributed by atoms with Gasteiger partial charge < -0.3 is 19.9 Å². The van der Waals surface area contributed by atoms with Crippen molar-refractivity contribution in [1.82, 2.24) is 19.7 Å². The fraction of sp³-hybridized carbons (Fsp3) is 0.667. The molecule has 5 rings (SSSR count). The van der Waals surface area contributed by atoms with Crippen molar-refractivity contribution >= 4 is 17.5 Å². The molecule has 2 aromatic rings. The van der Waals surface area contributed by atoms with Crippen LogP contribution in [0.25, 0.3) is 0 Å². The number of aryl methyl sites for hydroxylation is 2. The molecule has 3 fully saturated rings. The van der Waals surface area contributed by atoms with Crippen LogP contribution in [-0.4, -0.2) is 55.8 Å². The van der Waals surface area contributed by atoms with Crippen molar-refractivity contribution in [2.24, 2.45) is 11.8 Å². The summed E-state index contributed by atoms with van der Waals surface area (Å²) in [5.41, 5.74) is 2.96. The summed E-state index contributed by atoms with van der Waals surface area (Å²) < 4.78 is 2.29. The third-order valence-corrected chi connectivity index (χ3v) is 8.46. The van der Waals surface area contributed by atoms with Gasteiger partial charge in [0.25, 0.3) is 0 Å². The predicted molar refractivity (Wildman–Crippen MR) is 147 cm³/mol. The number of amides is 2. The zero-order chi connectivity index (χ0) is 27.0. The maximum atomic E-state index is 13.3. The maximum Gasteiger partial charge on any atom is 0.225 e. The first kappa shape index (κ1) is 26.9. The number of β-amino-alcohol motifs (C(OH)–C–C–N with tert-alkyl or cyclic N) is 1. The predicted octanol–water partition coefficient (Wildman–Crippen LogP) is 4.87. The molecule has 1 aliphatic heterocycles. The van der Waals surface area contributed by atoms with Crippen LogP contribution in [0.3, 0.4) is 0 Å². The molecule has 8 heteroatoms. The highest BCUT2D eigenvalue weighted by Crippen LogP contribution is 2.48. The lowest BCUT2D eigenvalue weighted by atomic mass is 9.71. The molecular formula is C30H43N5O3. The Morgan fingerprint density at radius 3 is 2.50 bits per heavy atom. The molecule has 1 saturated heterocycles. The molecule has 2 aliphatic carbocycles. The number of nitrogens with one attached hydrogen (secondary N) is 1. The molecule has 0 radical (unpaired) electrons. The van der Waals surface area contributed by atoms with Crippen LogP contribution in [0.15, 0.2) is 18.2 Å². The third-order valence-electron chi connectivity index (χ3n) is 8.46. The fourth-order valence-electron chi connectivity index (χ4n) is 6.33. The second-order valence-electron chi connectivity index (χ2n) is 12.4. The Morgan fingerprint density at radius 2 is 1.87 bits per heavy atom. The Kier molecular flexibility index (Phi) is 7.89. The Balaban J connectivity index is 1.37. The zero-order valence-corrected chi connectivity index (χ0v) is 23.3. The molecule has 2 N–H and O–H groups in total. The number of carbonyl (C=O) groups is 2. The minimum absolute atomic E-state index is 0.0293. The van der Waals surface area contributed by atoms with Crippen LogP contribution in [0.2, 0.25) is 0 Å². The van der Waals surface area contributed by atoms with Gasteiger partial charge in [-0.15, -0.1) is 10.2 Å². The summed E-state index contributed by atoms with van der Waals surface area (Å²) in [6.07, 6.45) is 6.21. The Hall–Kier alpha value is -2.74. The second-order valence-corrected chi connectivity index (χ2v) is 12.4. The standard InChI is InChI=1S/C30H43N5O3/c1-18(2)11-21-13-22(14-21)29-32-33-30(35(29)24-6-7-24)23(16-28(38)34-10-9-25(36)17-34)15-27(37)31-26-8-5-19(3)12-20(26)4/h5,8,12,18,21-25,36H,6-7,9-11,13-17H2,1-4H3,(H,31,37)/t21?,22?,23?,25-/m1/s1. The number of hydrogen-bond donors (Lipinski definition) is 2. The molecule has 1 aromatic carbocycles. The SMILES string of the molecule is Cc1ccc(NC(=O)CC(CC(=O)N2CC[C@@H](O)C2)c2nnc(C3CC(CC(C)C)C3)n2C2CC2)c(C)c1. The zero-order valence-electron chi connectivity index (χ0n) is 23.3. The molecule has 2 atom stereocenters. The van der Waals surface area contributed by atoms with E-state index in [9.17, 15) is 14.7 Å². The molecule has 38 heavy (non-hydrogen) atoms. The lowest BCUT2D eigenvalue weighted by Crippen LogP contribution is -2.32. The van der Waals surface area contributed by atoms with E-state index in [0.717, 1.165) is 60.1 Å². The fourth-order valence-corrected chi connectivity index (χ4v) is 6.33. The van der Waals surface area contributed by atoms with Gasteiger partial charge in [0, 0.05) is 49.5 Å². The largest absolute Gasteiger partial charge is 0.391 e. The summed E-state index contributed by atoms with van der Waals surface area (Å²) in [5.74, 6) is 3.17. The number of nitrogens with zero attached hydrogens (tertiary/aromatic N) is 4. The van der Waals surface area contributed by atoms with Crippen LogP contribution in [-0.2, 0) is 9.59 Å². The first-order valence-corrected chi connectivity index (χ1v) is 14.5. The van der Waals surface area contributed by atoms with Gasteiger partial charge in [-0.2, -0.15) is 0 Å². The summed E-state index contributed by atoms with van der Waals surface area (Å²) >= 11 is 0. The van der Waals surface area contributed by atoms with Crippen molar-refractivity contribution in [1.29, 1.82) is 0 Å². The van der Waals surface area contributed by atoms with E-state index in [1.54, 1.807) is 4.90 Å². The van der Waals surface area contributed by atoms with Crippen molar-refractivity contribution in [2.45, 2.75) is 103 Å². The molecule has 206 valence electrons. The van der Waals surface area contributed by atoms with Crippen molar-refractivity contribution in [3.63, 3.8) is 0 Å². The minimum Gasteiger partial charge on any atom is -0.391 e. The number of anilines is 1. The first-order valence-electron chi connectivity index (χ1n) is 14.5. The van der Waals surface area contributed by atoms with Crippen LogP contribution < -0.4 is 5.32 Å². The molecular weight excluding hydrogens is 478 g/mol. The number of benzene rings is 1. The van der Waals surface area contributed by atoms with Gasteiger partial charge in [0.15, 0.2) is 0 Å². The third kappa shape index (κ3) is 6.11. The van der Waals surface area contributed by atoms with Crippen molar-refractivity contribution in [3.05, 3.63) is 41.0 Å². The lowest BCUT2D eigenvalue weighted by molar-refractivity contribution is -0.131. The summed E-state index contributed by atoms with van der Waals surface area (Å²) in [7, 11) is 0. The van der Waals surface area contributed by atoms with E-state index >= 15 is 0 Å². The topological polar surface area (TPSA) is 100 Å². The van der Waals surface area contributed by atoms with E-state index in [0.29, 0.717) is 37.4 Å². The van der Waals surface area contributed by atoms with Gasteiger partial charge >= 0.3 is 0 Å². The lowest BCUT2D eigenvalue weighted by Gasteiger charge is -2.36. The summed E-state index contributed by atoms with van der Waals surface area (Å²) in [6, 6.07) is 6.34. The summed E-state index contributed by atoms with van der Waals surface area (Å²) in [5, 5.41) is 22.4. The highest BCUT2D eigenvalue weighted by atomic mass is 16.3. The van der Waals surface area contributed by atoms with Gasteiger partial charge in [-0.3, -0.25) is 9.59 Å². The van der Waals surface area contributed by atoms with Crippen LogP contribution in [0, 0.1) is 25.7 Å². The van der Waals surface area contributed by atoms with Crippen LogP contribution in [0.4, 0.5) is 5.69 Å². The number of carbonyl (C=O) groups excluding carboxylic acids is 2. The quantitative estimate of drug-likeness (QED) is 0.465. The number of hydrogen-bond acceptors (Lipinski definition) is 5. The number of aliphatic hydroxyl groups excluding tert-OH is 1. The molecule has 2 amide bonds. The van der Waals surface area contributed by atoms with Crippen LogP contribution in [0.1, 0.15) is 106 Å². The highest BCUT2D eigenvalue weighted by molar-refractivity contribution is 5.92. The summed E-state index contributed by atoms with van der Waals surface area (Å²) in [4.78, 5) is 28.3. The monoisotopic (exact) mass is 521 g/mol. The van der Waals surface area contributed by atoms with Gasteiger partial charge in [0.2, 0.25) is 11.8 Å². The smallest absolute Gasteiger partial charge is 0.225 e. The number of aliphatic hydroxyl groups is 1. The molecule has 8 nitrogen and oxygen atoms in total. The van der Waals surface area contributed by atoms with Crippen molar-refractivity contribution < 1.29 is 14.7 Å². The van der Waals surface area contributed by atoms with E-state index in [2.05, 4.69) is 40.0 Å². The Morgan fingerprint density at radius 1 is 1.11 bits per heavy atom. The molecule has 2 heterocycles. The molecule has 0 spiro atoms. The summed E-state index contributed by atoms with van der Waals surface area (Å²) in [6.45, 7) is 9.50. The van der Waals surface area contributed by atoms with Crippen molar-refractivity contribution in [2.75, 3.05) is 18.4 Å². The number of aromatic nitrogens is 3. The minimum atomic E-state index is -0.468. The normalized spacial score (nSPS) is 23.9. The molecule has 1 aromatic heterocycles. The van der Waals surface area contributed by atoms with Gasteiger partial charge in [0.05, 0.1) is 6.10 Å². The Bertz CT molecular complexity index is 1160. The number of likely N-dealkylation sites (tertiary alicyclic amines) is 1. The first-order chi connectivity index (χ1) is 18.2. The van der Waals surface area contributed by atoms with Gasteiger partial charge in [-0.05, 0) is 75.8 Å². The van der Waals surface area contributed by atoms with Gasteiger partial charge in [-0.1, -0.05) is 31.5 Å². The second kappa shape index (κ2) is 11.2. The molecule has 3 aliphatic rings. The maximum absolute atomic E-state index is 13.3. The van der Waals surface area contributed by atoms with E-state index < -0.39 is 6.10 Å². The van der Waals surface area contributed by atoms with Gasteiger partial charge in [-0.25, -0.2) is 0 Å². The number of rotatable bonds is 10. The highest BCUT2D eigenvalue weighted by Gasteiger charge is 2.40. The van der Waals surface area contributed by atoms with Crippen LogP contribution in [0.5, 0.6) is 0 Å². The molecule has 2 saturated carbocycles. The molecule has 1 unspecified atom stereocenters. The van der Waals surface area contributed by atoms with E-state index in [4.69, 9.17) is 0 Å². The average molecular weight is 522 g/mol. The van der Waals surface area contributed by atoms with Crippen molar-refractivity contribution in [3.8, 4) is 0 Å². The van der Waals surface area contributed by atoms with E-state index in [1.165, 1.54) is 6.42 Å². The Labute approximate surface area is 226 Å². The van der Waals surface area contributed by atoms with Gasteiger partial charge in [0.1, 0.15) is 11.6 Å². The van der Waals surface area contributed by atoms with E-state index in [-0.39, 0.29) is 30.6 Å². The molecule has 0 bridgehead atoms. The van der Waals surface area contributed by atoms with Crippen LogP contribution >= 0.6 is 0 Å².